The SMILES string of the molecule is CCn1cc(C(=O)N2CCC(C)(C)CC2)c2ccc(Br)cc21. The highest BCUT2D eigenvalue weighted by atomic mass is 79.9. The molecule has 0 saturated carbocycles. The van der Waals surface area contributed by atoms with E-state index in [2.05, 4.69) is 47.3 Å². The van der Waals surface area contributed by atoms with Gasteiger partial charge in [-0.05, 0) is 37.3 Å². The van der Waals surface area contributed by atoms with Crippen LogP contribution in [0.3, 0.4) is 0 Å². The topological polar surface area (TPSA) is 25.2 Å². The van der Waals surface area contributed by atoms with Crippen molar-refractivity contribution in [2.45, 2.75) is 40.2 Å². The van der Waals surface area contributed by atoms with Gasteiger partial charge < -0.3 is 9.47 Å². The lowest BCUT2D eigenvalue weighted by molar-refractivity contribution is 0.0632. The van der Waals surface area contributed by atoms with E-state index in [9.17, 15) is 4.79 Å². The number of hydrogen-bond donors (Lipinski definition) is 0. The number of likely N-dealkylation sites (tertiary alicyclic amines) is 1. The van der Waals surface area contributed by atoms with Gasteiger partial charge in [0.2, 0.25) is 0 Å². The number of aromatic nitrogens is 1. The number of nitrogens with zero attached hydrogens (tertiary/aromatic N) is 2. The number of aryl methyl sites for hydroxylation is 1. The molecule has 1 aliphatic rings. The average Bonchev–Trinajstić information content (AvgIpc) is 2.84. The Bertz CT molecular complexity index is 707. The largest absolute Gasteiger partial charge is 0.347 e. The third kappa shape index (κ3) is 2.81. The normalized spacial score (nSPS) is 17.9. The third-order valence-electron chi connectivity index (χ3n) is 4.82. The Hall–Kier alpha value is -1.29. The highest BCUT2D eigenvalue weighted by molar-refractivity contribution is 9.10. The lowest BCUT2D eigenvalue weighted by atomic mass is 9.82. The number of carbonyl (C=O) groups excluding carboxylic acids is 1. The van der Waals surface area contributed by atoms with Crippen molar-refractivity contribution in [1.82, 2.24) is 9.47 Å². The van der Waals surface area contributed by atoms with E-state index in [1.54, 1.807) is 0 Å². The zero-order valence-corrected chi connectivity index (χ0v) is 15.1. The minimum Gasteiger partial charge on any atom is -0.347 e. The highest BCUT2D eigenvalue weighted by Gasteiger charge is 2.29. The van der Waals surface area contributed by atoms with E-state index in [1.807, 2.05) is 23.2 Å². The molecule has 2 aromatic rings. The van der Waals surface area contributed by atoms with Gasteiger partial charge in [0, 0.05) is 41.2 Å². The number of carbonyl (C=O) groups is 1. The van der Waals surface area contributed by atoms with Crippen molar-refractivity contribution in [1.29, 1.82) is 0 Å². The van der Waals surface area contributed by atoms with Gasteiger partial charge in [-0.1, -0.05) is 35.8 Å². The Balaban J connectivity index is 1.95. The van der Waals surface area contributed by atoms with E-state index in [0.29, 0.717) is 5.41 Å². The zero-order chi connectivity index (χ0) is 15.9. The molecule has 0 radical (unpaired) electrons. The molecule has 1 fully saturated rings. The standard InChI is InChI=1S/C18H23BrN2O/c1-4-20-12-15(14-6-5-13(19)11-16(14)20)17(22)21-9-7-18(2,3)8-10-21/h5-6,11-12H,4,7-10H2,1-3H3. The van der Waals surface area contributed by atoms with E-state index >= 15 is 0 Å². The summed E-state index contributed by atoms with van der Waals surface area (Å²) < 4.78 is 3.20. The minimum absolute atomic E-state index is 0.176. The number of hydrogen-bond acceptors (Lipinski definition) is 1. The number of fused-ring (bicyclic) bond motifs is 1. The van der Waals surface area contributed by atoms with Crippen LogP contribution in [0.5, 0.6) is 0 Å². The van der Waals surface area contributed by atoms with Crippen LogP contribution in [0.15, 0.2) is 28.9 Å². The Morgan fingerprint density at radius 3 is 2.59 bits per heavy atom. The molecule has 1 amide bonds. The first-order valence-electron chi connectivity index (χ1n) is 7.99. The Kier molecular flexibility index (Phi) is 4.06. The lowest BCUT2D eigenvalue weighted by Gasteiger charge is -2.36. The van der Waals surface area contributed by atoms with E-state index in [1.165, 1.54) is 0 Å². The summed E-state index contributed by atoms with van der Waals surface area (Å²) in [6, 6.07) is 6.15. The van der Waals surface area contributed by atoms with Crippen LogP contribution in [0, 0.1) is 5.41 Å². The number of rotatable bonds is 2. The van der Waals surface area contributed by atoms with Crippen LogP contribution in [0.1, 0.15) is 44.0 Å². The molecule has 118 valence electrons. The molecule has 0 spiro atoms. The molecule has 0 atom stereocenters. The Labute approximate surface area is 140 Å². The van der Waals surface area contributed by atoms with Crippen LogP contribution < -0.4 is 0 Å². The molecule has 1 aromatic carbocycles. The first-order valence-corrected chi connectivity index (χ1v) is 8.78. The smallest absolute Gasteiger partial charge is 0.256 e. The van der Waals surface area contributed by atoms with Gasteiger partial charge in [0.1, 0.15) is 0 Å². The summed E-state index contributed by atoms with van der Waals surface area (Å²) in [6.07, 6.45) is 4.17. The molecule has 3 rings (SSSR count). The quantitative estimate of drug-likeness (QED) is 0.760. The number of halogens is 1. The molecular weight excluding hydrogens is 340 g/mol. The summed E-state index contributed by atoms with van der Waals surface area (Å²) >= 11 is 3.52. The summed E-state index contributed by atoms with van der Waals surface area (Å²) in [5, 5.41) is 1.06. The maximum absolute atomic E-state index is 12.9. The van der Waals surface area contributed by atoms with Crippen molar-refractivity contribution >= 4 is 32.7 Å². The Morgan fingerprint density at radius 2 is 1.95 bits per heavy atom. The molecule has 1 saturated heterocycles. The fraction of sp³-hybridized carbons (Fsp3) is 0.500. The molecule has 1 aliphatic heterocycles. The van der Waals surface area contributed by atoms with Gasteiger partial charge in [-0.25, -0.2) is 0 Å². The maximum atomic E-state index is 12.9. The zero-order valence-electron chi connectivity index (χ0n) is 13.5. The molecule has 0 aliphatic carbocycles. The highest BCUT2D eigenvalue weighted by Crippen LogP contribution is 2.32. The second-order valence-corrected chi connectivity index (χ2v) is 7.86. The molecular formula is C18H23BrN2O. The summed E-state index contributed by atoms with van der Waals surface area (Å²) in [7, 11) is 0. The summed E-state index contributed by atoms with van der Waals surface area (Å²) in [5.41, 5.74) is 2.32. The first-order chi connectivity index (χ1) is 10.4. The average molecular weight is 363 g/mol. The van der Waals surface area contributed by atoms with Crippen LogP contribution >= 0.6 is 15.9 Å². The summed E-state index contributed by atoms with van der Waals surface area (Å²) in [5.74, 6) is 0.176. The summed E-state index contributed by atoms with van der Waals surface area (Å²) in [4.78, 5) is 15.0. The van der Waals surface area contributed by atoms with Gasteiger partial charge in [0.15, 0.2) is 0 Å². The molecule has 0 N–H and O–H groups in total. The van der Waals surface area contributed by atoms with E-state index in [4.69, 9.17) is 0 Å². The predicted molar refractivity (Wildman–Crippen MR) is 94.2 cm³/mol. The monoisotopic (exact) mass is 362 g/mol. The lowest BCUT2D eigenvalue weighted by Crippen LogP contribution is -2.41. The molecule has 0 bridgehead atoms. The third-order valence-corrected chi connectivity index (χ3v) is 5.31. The van der Waals surface area contributed by atoms with Crippen LogP contribution in [-0.2, 0) is 6.54 Å². The van der Waals surface area contributed by atoms with Crippen LogP contribution in [0.2, 0.25) is 0 Å². The molecule has 1 aromatic heterocycles. The second kappa shape index (κ2) is 5.73. The van der Waals surface area contributed by atoms with Gasteiger partial charge in [-0.3, -0.25) is 4.79 Å². The first kappa shape index (κ1) is 15.6. The van der Waals surface area contributed by atoms with Crippen molar-refractivity contribution in [2.75, 3.05) is 13.1 Å². The molecule has 22 heavy (non-hydrogen) atoms. The van der Waals surface area contributed by atoms with Gasteiger partial charge in [0.25, 0.3) is 5.91 Å². The van der Waals surface area contributed by atoms with E-state index in [-0.39, 0.29) is 5.91 Å². The molecule has 3 nitrogen and oxygen atoms in total. The van der Waals surface area contributed by atoms with Gasteiger partial charge >= 0.3 is 0 Å². The predicted octanol–water partition coefficient (Wildman–Crippen LogP) is 4.69. The maximum Gasteiger partial charge on any atom is 0.256 e. The second-order valence-electron chi connectivity index (χ2n) is 6.95. The van der Waals surface area contributed by atoms with Crippen molar-refractivity contribution < 1.29 is 4.79 Å². The molecule has 2 heterocycles. The number of piperidine rings is 1. The number of amides is 1. The van der Waals surface area contributed by atoms with Crippen molar-refractivity contribution in [2.24, 2.45) is 5.41 Å². The van der Waals surface area contributed by atoms with Gasteiger partial charge in [-0.15, -0.1) is 0 Å². The Morgan fingerprint density at radius 1 is 1.27 bits per heavy atom. The fourth-order valence-electron chi connectivity index (χ4n) is 3.18. The number of benzene rings is 1. The fourth-order valence-corrected chi connectivity index (χ4v) is 3.53. The molecule has 0 unspecified atom stereocenters. The van der Waals surface area contributed by atoms with Gasteiger partial charge in [-0.2, -0.15) is 0 Å². The van der Waals surface area contributed by atoms with E-state index in [0.717, 1.165) is 53.4 Å². The van der Waals surface area contributed by atoms with Crippen LogP contribution in [0.4, 0.5) is 0 Å². The van der Waals surface area contributed by atoms with Crippen molar-refractivity contribution in [3.05, 3.63) is 34.4 Å². The van der Waals surface area contributed by atoms with Crippen molar-refractivity contribution in [3.8, 4) is 0 Å². The van der Waals surface area contributed by atoms with Crippen molar-refractivity contribution in [3.63, 3.8) is 0 Å². The summed E-state index contributed by atoms with van der Waals surface area (Å²) in [6.45, 7) is 9.28. The minimum atomic E-state index is 0.176. The van der Waals surface area contributed by atoms with Crippen LogP contribution in [-0.4, -0.2) is 28.5 Å². The van der Waals surface area contributed by atoms with Crippen LogP contribution in [0.25, 0.3) is 10.9 Å². The van der Waals surface area contributed by atoms with E-state index < -0.39 is 0 Å². The van der Waals surface area contributed by atoms with Gasteiger partial charge in [0.05, 0.1) is 5.56 Å². The molecule has 4 heteroatoms.